The predicted octanol–water partition coefficient (Wildman–Crippen LogP) is 3.09. The summed E-state index contributed by atoms with van der Waals surface area (Å²) in [5.41, 5.74) is 1.08. The minimum absolute atomic E-state index is 0.0466. The van der Waals surface area contributed by atoms with E-state index in [2.05, 4.69) is 25.2 Å². The first-order valence-corrected chi connectivity index (χ1v) is 8.62. The Morgan fingerprint density at radius 3 is 2.84 bits per heavy atom. The molecular formula is C18H20ClN5O. The summed E-state index contributed by atoms with van der Waals surface area (Å²) in [6.07, 6.45) is 6.57. The van der Waals surface area contributed by atoms with E-state index in [1.807, 2.05) is 30.5 Å². The van der Waals surface area contributed by atoms with Crippen LogP contribution < -0.4 is 10.6 Å². The molecular weight excluding hydrogens is 338 g/mol. The van der Waals surface area contributed by atoms with Crippen LogP contribution in [-0.2, 0) is 11.3 Å². The lowest BCUT2D eigenvalue weighted by Gasteiger charge is -2.08. The number of amides is 1. The van der Waals surface area contributed by atoms with E-state index in [0.29, 0.717) is 37.0 Å². The largest absolute Gasteiger partial charge is 0.354 e. The molecule has 1 amide bonds. The lowest BCUT2D eigenvalue weighted by atomic mass is 10.2. The number of nitrogens with one attached hydrogen (secondary N) is 2. The molecule has 0 aliphatic heterocycles. The molecule has 0 saturated heterocycles. The van der Waals surface area contributed by atoms with Crippen LogP contribution in [-0.4, -0.2) is 33.5 Å². The molecule has 0 unspecified atom stereocenters. The molecule has 0 spiro atoms. The summed E-state index contributed by atoms with van der Waals surface area (Å²) >= 11 is 6.05. The molecule has 2 heterocycles. The van der Waals surface area contributed by atoms with E-state index in [4.69, 9.17) is 11.6 Å². The zero-order valence-electron chi connectivity index (χ0n) is 13.8. The van der Waals surface area contributed by atoms with Crippen molar-refractivity contribution in [2.75, 3.05) is 18.4 Å². The highest BCUT2D eigenvalue weighted by molar-refractivity contribution is 6.31. The summed E-state index contributed by atoms with van der Waals surface area (Å²) in [6.45, 7) is 1.97. The molecule has 0 fully saturated rings. The van der Waals surface area contributed by atoms with Crippen molar-refractivity contribution in [3.63, 3.8) is 0 Å². The lowest BCUT2D eigenvalue weighted by molar-refractivity contribution is -0.121. The van der Waals surface area contributed by atoms with Gasteiger partial charge in [-0.25, -0.2) is 9.97 Å². The Morgan fingerprint density at radius 2 is 2.00 bits per heavy atom. The molecule has 3 aromatic rings. The van der Waals surface area contributed by atoms with Crippen molar-refractivity contribution in [2.24, 2.45) is 0 Å². The van der Waals surface area contributed by atoms with Gasteiger partial charge in [0.25, 0.3) is 0 Å². The van der Waals surface area contributed by atoms with Crippen molar-refractivity contribution in [3.8, 4) is 0 Å². The third-order valence-corrected chi connectivity index (χ3v) is 4.08. The monoisotopic (exact) mass is 357 g/mol. The van der Waals surface area contributed by atoms with Gasteiger partial charge in [0.15, 0.2) is 0 Å². The zero-order chi connectivity index (χ0) is 17.5. The molecule has 0 saturated carbocycles. The summed E-state index contributed by atoms with van der Waals surface area (Å²) in [5, 5.41) is 7.89. The second kappa shape index (κ2) is 8.48. The maximum atomic E-state index is 11.9. The van der Waals surface area contributed by atoms with Gasteiger partial charge >= 0.3 is 0 Å². The molecule has 7 heteroatoms. The summed E-state index contributed by atoms with van der Waals surface area (Å²) in [6, 6.07) is 9.63. The van der Waals surface area contributed by atoms with E-state index in [1.165, 1.54) is 0 Å². The van der Waals surface area contributed by atoms with Crippen LogP contribution in [0.15, 0.2) is 48.9 Å². The Kier molecular flexibility index (Phi) is 5.85. The molecule has 0 aliphatic rings. The minimum Gasteiger partial charge on any atom is -0.354 e. The number of carbonyl (C=O) groups is 1. The Balaban J connectivity index is 1.37. The Labute approximate surface area is 151 Å². The maximum absolute atomic E-state index is 11.9. The molecule has 2 N–H and O–H groups in total. The number of benzene rings is 1. The van der Waals surface area contributed by atoms with Crippen LogP contribution in [0.2, 0.25) is 5.02 Å². The second-order valence-electron chi connectivity index (χ2n) is 5.66. The second-order valence-corrected chi connectivity index (χ2v) is 6.10. The minimum atomic E-state index is 0.0466. The molecule has 1 aromatic carbocycles. The number of halogens is 1. The van der Waals surface area contributed by atoms with Crippen molar-refractivity contribution >= 4 is 34.4 Å². The van der Waals surface area contributed by atoms with E-state index in [-0.39, 0.29) is 5.91 Å². The van der Waals surface area contributed by atoms with Crippen molar-refractivity contribution in [3.05, 3.63) is 53.9 Å². The van der Waals surface area contributed by atoms with E-state index >= 15 is 0 Å². The first-order valence-electron chi connectivity index (χ1n) is 8.24. The number of fused-ring (bicyclic) bond motifs is 1. The van der Waals surface area contributed by atoms with E-state index in [0.717, 1.165) is 17.3 Å². The fourth-order valence-electron chi connectivity index (χ4n) is 2.60. The SMILES string of the molecule is O=C(CCCNc1ncccn1)NCCn1ccc2ccc(Cl)cc21. The number of hydrogen-bond acceptors (Lipinski definition) is 4. The number of anilines is 1. The summed E-state index contributed by atoms with van der Waals surface area (Å²) in [5.74, 6) is 0.631. The quantitative estimate of drug-likeness (QED) is 0.608. The summed E-state index contributed by atoms with van der Waals surface area (Å²) in [4.78, 5) is 20.0. The van der Waals surface area contributed by atoms with Gasteiger partial charge in [-0.15, -0.1) is 0 Å². The van der Waals surface area contributed by atoms with Gasteiger partial charge < -0.3 is 15.2 Å². The van der Waals surface area contributed by atoms with Gasteiger partial charge in [0.1, 0.15) is 0 Å². The van der Waals surface area contributed by atoms with Gasteiger partial charge in [-0.3, -0.25) is 4.79 Å². The van der Waals surface area contributed by atoms with Gasteiger partial charge in [-0.05, 0) is 36.1 Å². The Bertz CT molecular complexity index is 834. The van der Waals surface area contributed by atoms with Crippen LogP contribution >= 0.6 is 11.6 Å². The molecule has 3 rings (SSSR count). The first kappa shape index (κ1) is 17.2. The standard InChI is InChI=1S/C18H20ClN5O/c19-15-5-4-14-6-11-24(16(14)13-15)12-10-20-17(25)3-1-7-21-18-22-8-2-9-23-18/h2,4-6,8-9,11,13H,1,3,7,10,12H2,(H,20,25)(H,21,22,23). The number of carbonyl (C=O) groups excluding carboxylic acids is 1. The predicted molar refractivity (Wildman–Crippen MR) is 99.7 cm³/mol. The Morgan fingerprint density at radius 1 is 1.16 bits per heavy atom. The molecule has 6 nitrogen and oxygen atoms in total. The maximum Gasteiger partial charge on any atom is 0.222 e. The third-order valence-electron chi connectivity index (χ3n) is 3.84. The van der Waals surface area contributed by atoms with Crippen molar-refractivity contribution in [1.82, 2.24) is 19.9 Å². The van der Waals surface area contributed by atoms with Crippen LogP contribution in [0.25, 0.3) is 10.9 Å². The van der Waals surface area contributed by atoms with Gasteiger partial charge in [-0.2, -0.15) is 0 Å². The highest BCUT2D eigenvalue weighted by Crippen LogP contribution is 2.20. The van der Waals surface area contributed by atoms with Crippen molar-refractivity contribution in [2.45, 2.75) is 19.4 Å². The summed E-state index contributed by atoms with van der Waals surface area (Å²) < 4.78 is 2.09. The molecule has 0 atom stereocenters. The topological polar surface area (TPSA) is 71.8 Å². The van der Waals surface area contributed by atoms with Crippen LogP contribution in [0.5, 0.6) is 0 Å². The highest BCUT2D eigenvalue weighted by atomic mass is 35.5. The molecule has 130 valence electrons. The number of hydrogen-bond donors (Lipinski definition) is 2. The number of aromatic nitrogens is 3. The van der Waals surface area contributed by atoms with E-state index in [1.54, 1.807) is 18.5 Å². The first-order chi connectivity index (χ1) is 12.2. The van der Waals surface area contributed by atoms with E-state index < -0.39 is 0 Å². The molecule has 0 bridgehead atoms. The van der Waals surface area contributed by atoms with Gasteiger partial charge in [0.2, 0.25) is 11.9 Å². The van der Waals surface area contributed by atoms with Gasteiger partial charge in [0, 0.05) is 55.2 Å². The average molecular weight is 358 g/mol. The van der Waals surface area contributed by atoms with Crippen LogP contribution in [0.1, 0.15) is 12.8 Å². The summed E-state index contributed by atoms with van der Waals surface area (Å²) in [7, 11) is 0. The van der Waals surface area contributed by atoms with Gasteiger partial charge in [0.05, 0.1) is 0 Å². The van der Waals surface area contributed by atoms with Crippen LogP contribution in [0.3, 0.4) is 0 Å². The number of rotatable bonds is 8. The fourth-order valence-corrected chi connectivity index (χ4v) is 2.76. The molecule has 0 radical (unpaired) electrons. The normalized spacial score (nSPS) is 10.8. The van der Waals surface area contributed by atoms with Crippen molar-refractivity contribution in [1.29, 1.82) is 0 Å². The molecule has 0 aliphatic carbocycles. The van der Waals surface area contributed by atoms with E-state index in [9.17, 15) is 4.79 Å². The smallest absolute Gasteiger partial charge is 0.222 e. The van der Waals surface area contributed by atoms with Crippen LogP contribution in [0.4, 0.5) is 5.95 Å². The van der Waals surface area contributed by atoms with Gasteiger partial charge in [-0.1, -0.05) is 17.7 Å². The molecule has 2 aromatic heterocycles. The average Bonchev–Trinajstić information content (AvgIpc) is 3.02. The lowest BCUT2D eigenvalue weighted by Crippen LogP contribution is -2.27. The highest BCUT2D eigenvalue weighted by Gasteiger charge is 2.04. The number of nitrogens with zero attached hydrogens (tertiary/aromatic N) is 3. The third kappa shape index (κ3) is 4.93. The molecule has 25 heavy (non-hydrogen) atoms. The van der Waals surface area contributed by atoms with Crippen LogP contribution in [0, 0.1) is 0 Å². The van der Waals surface area contributed by atoms with Crippen molar-refractivity contribution < 1.29 is 4.79 Å². The Hall–Kier alpha value is -2.60. The zero-order valence-corrected chi connectivity index (χ0v) is 14.5. The fraction of sp³-hybridized carbons (Fsp3) is 0.278.